The Bertz CT molecular complexity index is 424. The van der Waals surface area contributed by atoms with Gasteiger partial charge in [-0.05, 0) is 34.8 Å². The van der Waals surface area contributed by atoms with Crippen molar-refractivity contribution in [2.45, 2.75) is 18.9 Å². The Balaban J connectivity index is 2.15. The van der Waals surface area contributed by atoms with Gasteiger partial charge in [0.1, 0.15) is 11.9 Å². The molecule has 1 aliphatic heterocycles. The third kappa shape index (κ3) is 2.81. The van der Waals surface area contributed by atoms with Crippen LogP contribution in [0, 0.1) is 11.6 Å². The molecule has 1 aromatic carbocycles. The molecule has 1 aliphatic rings. The molecule has 1 aromatic rings. The van der Waals surface area contributed by atoms with Gasteiger partial charge in [-0.15, -0.1) is 0 Å². The molecular formula is C11H10BrF2NO2. The van der Waals surface area contributed by atoms with Crippen LogP contribution in [0.2, 0.25) is 0 Å². The van der Waals surface area contributed by atoms with E-state index in [4.69, 9.17) is 4.74 Å². The summed E-state index contributed by atoms with van der Waals surface area (Å²) in [6.07, 6.45) is 0.878. The van der Waals surface area contributed by atoms with E-state index in [1.54, 1.807) is 0 Å². The summed E-state index contributed by atoms with van der Waals surface area (Å²) in [7, 11) is 0. The van der Waals surface area contributed by atoms with Crippen molar-refractivity contribution in [2.75, 3.05) is 11.9 Å². The monoisotopic (exact) mass is 305 g/mol. The minimum absolute atomic E-state index is 0.0631. The molecule has 0 radical (unpaired) electrons. The first-order chi connectivity index (χ1) is 8.08. The summed E-state index contributed by atoms with van der Waals surface area (Å²) in [5.41, 5.74) is -0.0631. The van der Waals surface area contributed by atoms with Gasteiger partial charge >= 0.3 is 0 Å². The largest absolute Gasteiger partial charge is 0.368 e. The molecule has 0 aromatic heterocycles. The first-order valence-corrected chi connectivity index (χ1v) is 5.94. The average Bonchev–Trinajstić information content (AvgIpc) is 2.76. The summed E-state index contributed by atoms with van der Waals surface area (Å²) in [6.45, 7) is 0.533. The molecule has 3 nitrogen and oxygen atoms in total. The van der Waals surface area contributed by atoms with Crippen LogP contribution in [0.4, 0.5) is 14.5 Å². The molecule has 0 aliphatic carbocycles. The number of rotatable bonds is 2. The minimum atomic E-state index is -0.816. The number of carbonyl (C=O) groups excluding carboxylic acids is 1. The van der Waals surface area contributed by atoms with E-state index in [9.17, 15) is 13.6 Å². The molecule has 6 heteroatoms. The van der Waals surface area contributed by atoms with Crippen molar-refractivity contribution in [3.05, 3.63) is 28.2 Å². The zero-order valence-electron chi connectivity index (χ0n) is 8.80. The number of nitrogens with one attached hydrogen (secondary N) is 1. The number of amides is 1. The first-order valence-electron chi connectivity index (χ1n) is 5.15. The van der Waals surface area contributed by atoms with Crippen LogP contribution in [0.25, 0.3) is 0 Å². The lowest BCUT2D eigenvalue weighted by Crippen LogP contribution is -2.27. The summed E-state index contributed by atoms with van der Waals surface area (Å²) in [5.74, 6) is -1.93. The van der Waals surface area contributed by atoms with Crippen molar-refractivity contribution in [3.63, 3.8) is 0 Å². The number of carbonyl (C=O) groups is 1. The molecule has 1 N–H and O–H groups in total. The Kier molecular flexibility index (Phi) is 3.73. The van der Waals surface area contributed by atoms with E-state index in [1.807, 2.05) is 0 Å². The van der Waals surface area contributed by atoms with Gasteiger partial charge in [0, 0.05) is 17.1 Å². The fraction of sp³-hybridized carbons (Fsp3) is 0.364. The van der Waals surface area contributed by atoms with Gasteiger partial charge in [0.15, 0.2) is 5.82 Å². The molecule has 92 valence electrons. The number of halogens is 3. The molecule has 17 heavy (non-hydrogen) atoms. The van der Waals surface area contributed by atoms with Crippen molar-refractivity contribution in [3.8, 4) is 0 Å². The van der Waals surface area contributed by atoms with Gasteiger partial charge in [-0.25, -0.2) is 8.78 Å². The lowest BCUT2D eigenvalue weighted by molar-refractivity contribution is -0.124. The van der Waals surface area contributed by atoms with Gasteiger partial charge in [-0.2, -0.15) is 0 Å². The van der Waals surface area contributed by atoms with Crippen LogP contribution in [0.3, 0.4) is 0 Å². The van der Waals surface area contributed by atoms with Crippen molar-refractivity contribution in [2.24, 2.45) is 0 Å². The number of hydrogen-bond donors (Lipinski definition) is 1. The summed E-state index contributed by atoms with van der Waals surface area (Å²) in [5, 5.41) is 2.40. The van der Waals surface area contributed by atoms with Crippen LogP contribution in [-0.2, 0) is 9.53 Å². The topological polar surface area (TPSA) is 38.3 Å². The summed E-state index contributed by atoms with van der Waals surface area (Å²) >= 11 is 3.00. The predicted octanol–water partition coefficient (Wildman–Crippen LogP) is 2.84. The van der Waals surface area contributed by atoms with Gasteiger partial charge in [0.2, 0.25) is 0 Å². The maximum absolute atomic E-state index is 13.4. The van der Waals surface area contributed by atoms with Gasteiger partial charge < -0.3 is 10.1 Å². The van der Waals surface area contributed by atoms with Gasteiger partial charge in [0.25, 0.3) is 5.91 Å². The Morgan fingerprint density at radius 3 is 2.82 bits per heavy atom. The van der Waals surface area contributed by atoms with E-state index in [1.165, 1.54) is 0 Å². The molecule has 0 bridgehead atoms. The van der Waals surface area contributed by atoms with Gasteiger partial charge in [-0.3, -0.25) is 4.79 Å². The second-order valence-electron chi connectivity index (χ2n) is 3.74. The Hall–Kier alpha value is -1.01. The summed E-state index contributed by atoms with van der Waals surface area (Å²) in [6, 6.07) is 1.81. The highest BCUT2D eigenvalue weighted by Gasteiger charge is 2.25. The second-order valence-corrected chi connectivity index (χ2v) is 4.59. The molecule has 0 unspecified atom stereocenters. The van der Waals surface area contributed by atoms with Crippen molar-refractivity contribution >= 4 is 27.5 Å². The van der Waals surface area contributed by atoms with Crippen LogP contribution in [-0.4, -0.2) is 18.6 Å². The maximum Gasteiger partial charge on any atom is 0.253 e. The quantitative estimate of drug-likeness (QED) is 0.912. The normalized spacial score (nSPS) is 19.4. The SMILES string of the molecule is O=C(Nc1c(F)cc(F)cc1Br)[C@H]1CCCO1. The molecule has 1 atom stereocenters. The van der Waals surface area contributed by atoms with Gasteiger partial charge in [-0.1, -0.05) is 0 Å². The van der Waals surface area contributed by atoms with Gasteiger partial charge in [0.05, 0.1) is 5.69 Å². The van der Waals surface area contributed by atoms with Crippen LogP contribution in [0.5, 0.6) is 0 Å². The Labute approximate surface area is 105 Å². The Morgan fingerprint density at radius 2 is 2.24 bits per heavy atom. The standard InChI is InChI=1S/C11H10BrF2NO2/c12-7-4-6(13)5-8(14)10(7)15-11(16)9-2-1-3-17-9/h4-5,9H,1-3H2,(H,15,16)/t9-/m1/s1. The van der Waals surface area contributed by atoms with E-state index in [0.29, 0.717) is 13.0 Å². The zero-order valence-corrected chi connectivity index (χ0v) is 10.4. The highest BCUT2D eigenvalue weighted by molar-refractivity contribution is 9.10. The second kappa shape index (κ2) is 5.10. The smallest absolute Gasteiger partial charge is 0.253 e. The van der Waals surface area contributed by atoms with E-state index in [0.717, 1.165) is 18.6 Å². The number of benzene rings is 1. The van der Waals surface area contributed by atoms with E-state index in [-0.39, 0.29) is 10.2 Å². The highest BCUT2D eigenvalue weighted by atomic mass is 79.9. The fourth-order valence-corrected chi connectivity index (χ4v) is 2.16. The minimum Gasteiger partial charge on any atom is -0.368 e. The molecule has 2 rings (SSSR count). The molecule has 1 amide bonds. The highest BCUT2D eigenvalue weighted by Crippen LogP contribution is 2.27. The Morgan fingerprint density at radius 1 is 1.47 bits per heavy atom. The summed E-state index contributed by atoms with van der Waals surface area (Å²) in [4.78, 5) is 11.7. The van der Waals surface area contributed by atoms with Crippen molar-refractivity contribution in [1.29, 1.82) is 0 Å². The third-order valence-electron chi connectivity index (χ3n) is 2.48. The van der Waals surface area contributed by atoms with Crippen LogP contribution < -0.4 is 5.32 Å². The third-order valence-corrected chi connectivity index (χ3v) is 3.10. The van der Waals surface area contributed by atoms with Crippen molar-refractivity contribution < 1.29 is 18.3 Å². The lowest BCUT2D eigenvalue weighted by Gasteiger charge is -2.12. The molecule has 1 saturated heterocycles. The van der Waals surface area contributed by atoms with E-state index < -0.39 is 23.6 Å². The lowest BCUT2D eigenvalue weighted by atomic mass is 10.2. The molecule has 0 spiro atoms. The average molecular weight is 306 g/mol. The first kappa shape index (κ1) is 12.4. The molecule has 1 heterocycles. The fourth-order valence-electron chi connectivity index (χ4n) is 1.65. The van der Waals surface area contributed by atoms with Crippen LogP contribution in [0.1, 0.15) is 12.8 Å². The number of hydrogen-bond acceptors (Lipinski definition) is 2. The van der Waals surface area contributed by atoms with Crippen LogP contribution >= 0.6 is 15.9 Å². The van der Waals surface area contributed by atoms with E-state index >= 15 is 0 Å². The zero-order chi connectivity index (χ0) is 12.4. The molecule has 1 fully saturated rings. The van der Waals surface area contributed by atoms with Crippen molar-refractivity contribution in [1.82, 2.24) is 0 Å². The summed E-state index contributed by atoms with van der Waals surface area (Å²) < 4.78 is 31.6. The maximum atomic E-state index is 13.4. The molecule has 0 saturated carbocycles. The number of anilines is 1. The van der Waals surface area contributed by atoms with Crippen LogP contribution in [0.15, 0.2) is 16.6 Å². The van der Waals surface area contributed by atoms with E-state index in [2.05, 4.69) is 21.2 Å². The predicted molar refractivity (Wildman–Crippen MR) is 61.7 cm³/mol. The molecular weight excluding hydrogens is 296 g/mol. The number of ether oxygens (including phenoxy) is 1.